The lowest BCUT2D eigenvalue weighted by Gasteiger charge is -2.24. The van der Waals surface area contributed by atoms with E-state index < -0.39 is 10.0 Å². The Morgan fingerprint density at radius 1 is 1.03 bits per heavy atom. The largest absolute Gasteiger partial charge is 0.491 e. The monoisotopic (exact) mass is 498 g/mol. The number of sulfonamides is 1. The average Bonchev–Trinajstić information content (AvgIpc) is 2.81. The van der Waals surface area contributed by atoms with Crippen LogP contribution in [-0.2, 0) is 16.6 Å². The van der Waals surface area contributed by atoms with Crippen molar-refractivity contribution in [2.24, 2.45) is 0 Å². The Morgan fingerprint density at radius 3 is 2.38 bits per heavy atom. The molecule has 1 N–H and O–H groups in total. The second-order valence-corrected chi connectivity index (χ2v) is 10.8. The Bertz CT molecular complexity index is 1240. The quantitative estimate of drug-likeness (QED) is 0.321. The number of carbonyl (C=O) groups is 1. The molecule has 0 aromatic heterocycles. The van der Waals surface area contributed by atoms with Crippen molar-refractivity contribution in [3.05, 3.63) is 89.0 Å². The van der Waals surface area contributed by atoms with Gasteiger partial charge in [0.15, 0.2) is 0 Å². The molecule has 3 aromatic carbocycles. The molecule has 6 nitrogen and oxygen atoms in total. The average molecular weight is 499 g/mol. The number of amides is 1. The minimum atomic E-state index is -3.49. The second kappa shape index (κ2) is 11.4. The number of carbonyl (C=O) groups excluding carboxylic acids is 1. The van der Waals surface area contributed by atoms with Crippen molar-refractivity contribution >= 4 is 33.4 Å². The first kappa shape index (κ1) is 25.6. The number of anilines is 1. The summed E-state index contributed by atoms with van der Waals surface area (Å²) in [5.74, 6) is 0.603. The molecule has 0 spiro atoms. The maximum atomic E-state index is 12.5. The third kappa shape index (κ3) is 6.77. The van der Waals surface area contributed by atoms with Crippen LogP contribution < -0.4 is 14.4 Å². The van der Waals surface area contributed by atoms with Gasteiger partial charge in [0, 0.05) is 10.5 Å². The lowest BCUT2D eigenvalue weighted by Crippen LogP contribution is -2.30. The maximum absolute atomic E-state index is 12.5. The van der Waals surface area contributed by atoms with Crippen LogP contribution in [0.2, 0.25) is 0 Å². The van der Waals surface area contributed by atoms with Gasteiger partial charge in [0.2, 0.25) is 10.0 Å². The van der Waals surface area contributed by atoms with Crippen molar-refractivity contribution in [2.75, 3.05) is 30.0 Å². The van der Waals surface area contributed by atoms with E-state index in [0.717, 1.165) is 21.8 Å². The van der Waals surface area contributed by atoms with Gasteiger partial charge in [0.05, 0.1) is 25.0 Å². The summed E-state index contributed by atoms with van der Waals surface area (Å²) in [6.45, 7) is 4.95. The van der Waals surface area contributed by atoms with Gasteiger partial charge in [-0.15, -0.1) is 11.8 Å². The molecule has 0 saturated heterocycles. The molecule has 3 aromatic rings. The van der Waals surface area contributed by atoms with Gasteiger partial charge in [-0.1, -0.05) is 42.0 Å². The molecule has 0 bridgehead atoms. The van der Waals surface area contributed by atoms with Crippen molar-refractivity contribution in [3.63, 3.8) is 0 Å². The smallest absolute Gasteiger partial charge is 0.251 e. The Morgan fingerprint density at radius 2 is 1.74 bits per heavy atom. The normalized spacial score (nSPS) is 11.2. The van der Waals surface area contributed by atoms with Crippen molar-refractivity contribution in [2.45, 2.75) is 25.3 Å². The third-order valence-electron chi connectivity index (χ3n) is 5.27. The van der Waals surface area contributed by atoms with E-state index in [1.165, 1.54) is 27.9 Å². The number of aryl methyl sites for hydroxylation is 2. The first-order chi connectivity index (χ1) is 16.2. The Kier molecular flexibility index (Phi) is 8.63. The highest BCUT2D eigenvalue weighted by molar-refractivity contribution is 7.99. The molecule has 0 saturated carbocycles. The Labute approximate surface area is 206 Å². The van der Waals surface area contributed by atoms with Gasteiger partial charge in [-0.05, 0) is 61.6 Å². The topological polar surface area (TPSA) is 75.7 Å². The van der Waals surface area contributed by atoms with E-state index in [4.69, 9.17) is 4.74 Å². The van der Waals surface area contributed by atoms with Crippen LogP contribution in [0.3, 0.4) is 0 Å². The summed E-state index contributed by atoms with van der Waals surface area (Å²) in [5, 5.41) is 2.85. The fourth-order valence-corrected chi connectivity index (χ4v) is 5.09. The minimum Gasteiger partial charge on any atom is -0.491 e. The molecule has 0 aliphatic heterocycles. The molecule has 0 atom stereocenters. The maximum Gasteiger partial charge on any atom is 0.251 e. The summed E-state index contributed by atoms with van der Waals surface area (Å²) in [4.78, 5) is 13.4. The molecule has 8 heteroatoms. The Balaban J connectivity index is 1.60. The summed E-state index contributed by atoms with van der Waals surface area (Å²) in [6.07, 6.45) is 3.12. The van der Waals surface area contributed by atoms with Gasteiger partial charge in [0.1, 0.15) is 12.4 Å². The molecule has 0 heterocycles. The number of hydrogen-bond donors (Lipinski definition) is 1. The van der Waals surface area contributed by atoms with Crippen molar-refractivity contribution < 1.29 is 17.9 Å². The highest BCUT2D eigenvalue weighted by atomic mass is 32.2. The standard InChI is InChI=1S/C26H30N2O4S2/c1-19-9-14-24(20(2)17-19)32-16-15-27-26(29)22-12-10-21(11-13-22)18-28(34(4,30)31)23-7-5-6-8-25(23)33-3/h5-14,17H,15-16,18H2,1-4H3,(H,27,29). The van der Waals surface area contributed by atoms with E-state index in [0.29, 0.717) is 24.4 Å². The number of thioether (sulfide) groups is 1. The summed E-state index contributed by atoms with van der Waals surface area (Å²) in [7, 11) is -3.49. The fourth-order valence-electron chi connectivity index (χ4n) is 3.53. The minimum absolute atomic E-state index is 0.183. The van der Waals surface area contributed by atoms with Crippen LogP contribution in [0.25, 0.3) is 0 Å². The molecule has 0 aliphatic carbocycles. The van der Waals surface area contributed by atoms with E-state index in [2.05, 4.69) is 11.4 Å². The van der Waals surface area contributed by atoms with Gasteiger partial charge >= 0.3 is 0 Å². The van der Waals surface area contributed by atoms with E-state index in [1.54, 1.807) is 30.3 Å². The zero-order valence-electron chi connectivity index (χ0n) is 19.9. The van der Waals surface area contributed by atoms with Gasteiger partial charge < -0.3 is 10.1 Å². The van der Waals surface area contributed by atoms with Crippen LogP contribution in [-0.4, -0.2) is 40.0 Å². The highest BCUT2D eigenvalue weighted by Gasteiger charge is 2.20. The Hall–Kier alpha value is -2.97. The highest BCUT2D eigenvalue weighted by Crippen LogP contribution is 2.31. The van der Waals surface area contributed by atoms with E-state index in [9.17, 15) is 13.2 Å². The first-order valence-electron chi connectivity index (χ1n) is 10.9. The SMILES string of the molecule is CSc1ccccc1N(Cc1ccc(C(=O)NCCOc2ccc(C)cc2C)cc1)S(C)(=O)=O. The molecule has 0 fully saturated rings. The lowest BCUT2D eigenvalue weighted by molar-refractivity contribution is 0.0947. The van der Waals surface area contributed by atoms with Crippen LogP contribution in [0.5, 0.6) is 5.75 Å². The van der Waals surface area contributed by atoms with Crippen molar-refractivity contribution in [1.82, 2.24) is 5.32 Å². The van der Waals surface area contributed by atoms with Crippen LogP contribution in [0.15, 0.2) is 71.6 Å². The molecule has 0 radical (unpaired) electrons. The molecular formula is C26H30N2O4S2. The second-order valence-electron chi connectivity index (χ2n) is 8.01. The fraction of sp³-hybridized carbons (Fsp3) is 0.269. The van der Waals surface area contributed by atoms with Crippen molar-refractivity contribution in [1.29, 1.82) is 0 Å². The van der Waals surface area contributed by atoms with Crippen LogP contribution in [0.4, 0.5) is 5.69 Å². The number of ether oxygens (including phenoxy) is 1. The molecule has 0 unspecified atom stereocenters. The summed E-state index contributed by atoms with van der Waals surface area (Å²) < 4.78 is 32.2. The molecule has 0 aliphatic rings. The summed E-state index contributed by atoms with van der Waals surface area (Å²) in [6, 6.07) is 20.4. The molecule has 3 rings (SSSR count). The zero-order chi connectivity index (χ0) is 24.7. The van der Waals surface area contributed by atoms with Gasteiger partial charge in [-0.3, -0.25) is 9.10 Å². The molecule has 34 heavy (non-hydrogen) atoms. The zero-order valence-corrected chi connectivity index (χ0v) is 21.5. The predicted molar refractivity (Wildman–Crippen MR) is 139 cm³/mol. The van der Waals surface area contributed by atoms with Crippen LogP contribution in [0.1, 0.15) is 27.0 Å². The van der Waals surface area contributed by atoms with Gasteiger partial charge in [-0.25, -0.2) is 8.42 Å². The number of nitrogens with zero attached hydrogens (tertiary/aromatic N) is 1. The number of rotatable bonds is 10. The van der Waals surface area contributed by atoms with E-state index in [-0.39, 0.29) is 12.5 Å². The van der Waals surface area contributed by atoms with E-state index in [1.807, 2.05) is 50.4 Å². The number of benzene rings is 3. The molecule has 1 amide bonds. The number of para-hydroxylation sites is 1. The molecule has 180 valence electrons. The lowest BCUT2D eigenvalue weighted by atomic mass is 10.1. The molecular weight excluding hydrogens is 468 g/mol. The third-order valence-corrected chi connectivity index (χ3v) is 7.18. The number of hydrogen-bond acceptors (Lipinski definition) is 5. The predicted octanol–water partition coefficient (Wildman–Crippen LogP) is 4.80. The van der Waals surface area contributed by atoms with Crippen molar-refractivity contribution in [3.8, 4) is 5.75 Å². The first-order valence-corrected chi connectivity index (χ1v) is 13.9. The summed E-state index contributed by atoms with van der Waals surface area (Å²) in [5.41, 5.74) is 4.17. The van der Waals surface area contributed by atoms with Gasteiger partial charge in [0.25, 0.3) is 5.91 Å². The van der Waals surface area contributed by atoms with Crippen LogP contribution >= 0.6 is 11.8 Å². The number of nitrogens with one attached hydrogen (secondary N) is 1. The van der Waals surface area contributed by atoms with Crippen LogP contribution in [0, 0.1) is 13.8 Å². The van der Waals surface area contributed by atoms with Gasteiger partial charge in [-0.2, -0.15) is 0 Å². The van der Waals surface area contributed by atoms with E-state index >= 15 is 0 Å². The summed E-state index contributed by atoms with van der Waals surface area (Å²) >= 11 is 1.50.